The van der Waals surface area contributed by atoms with Gasteiger partial charge in [0, 0.05) is 30.2 Å². The largest absolute Gasteiger partial charge is 0.481 e. The summed E-state index contributed by atoms with van der Waals surface area (Å²) in [5.41, 5.74) is 1.05. The Labute approximate surface area is 230 Å². The third-order valence-electron chi connectivity index (χ3n) is 7.77. The molecule has 2 aliphatic rings. The van der Waals surface area contributed by atoms with Gasteiger partial charge < -0.3 is 25.2 Å². The molecule has 0 radical (unpaired) electrons. The van der Waals surface area contributed by atoms with Crippen LogP contribution in [-0.4, -0.2) is 44.3 Å². The quantitative estimate of drug-likeness (QED) is 0.234. The summed E-state index contributed by atoms with van der Waals surface area (Å²) in [4.78, 5) is 47.1. The number of halogens is 1. The van der Waals surface area contributed by atoms with Gasteiger partial charge in [-0.15, -0.1) is 0 Å². The molecule has 4 rings (SSSR count). The SMILES string of the molecule is CC(C)(C[C@H]1C[C@@H](c2onc(C(CCC(=O)O)CC(=O)Nc3ccc(C(=O)O)cc3Cl)c2C2CC2)C1)C(=O)O. The molecular formula is C28H33ClN2O8. The van der Waals surface area contributed by atoms with E-state index >= 15 is 0 Å². The van der Waals surface area contributed by atoms with E-state index in [1.807, 2.05) is 0 Å². The number of nitrogens with one attached hydrogen (secondary N) is 1. The Kier molecular flexibility index (Phi) is 8.34. The van der Waals surface area contributed by atoms with Crippen molar-refractivity contribution in [3.63, 3.8) is 0 Å². The molecule has 39 heavy (non-hydrogen) atoms. The van der Waals surface area contributed by atoms with Crippen molar-refractivity contribution in [3.05, 3.63) is 45.8 Å². The molecule has 1 amide bonds. The molecule has 2 aromatic rings. The normalized spacial score (nSPS) is 19.7. The van der Waals surface area contributed by atoms with Gasteiger partial charge in [0.1, 0.15) is 5.76 Å². The van der Waals surface area contributed by atoms with Crippen molar-refractivity contribution in [1.29, 1.82) is 0 Å². The lowest BCUT2D eigenvalue weighted by atomic mass is 9.66. The zero-order chi connectivity index (χ0) is 28.5. The average Bonchev–Trinajstić information content (AvgIpc) is 3.58. The van der Waals surface area contributed by atoms with E-state index in [2.05, 4.69) is 10.5 Å². The zero-order valence-corrected chi connectivity index (χ0v) is 22.7. The average molecular weight is 561 g/mol. The highest BCUT2D eigenvalue weighted by Crippen LogP contribution is 2.53. The van der Waals surface area contributed by atoms with E-state index in [4.69, 9.17) is 21.2 Å². The maximum absolute atomic E-state index is 13.0. The number of carbonyl (C=O) groups excluding carboxylic acids is 1. The Balaban J connectivity index is 1.50. The number of carboxylic acids is 3. The monoisotopic (exact) mass is 560 g/mol. The predicted octanol–water partition coefficient (Wildman–Crippen LogP) is 5.88. The predicted molar refractivity (Wildman–Crippen MR) is 141 cm³/mol. The van der Waals surface area contributed by atoms with Crippen LogP contribution in [0.4, 0.5) is 5.69 Å². The van der Waals surface area contributed by atoms with Crippen molar-refractivity contribution in [2.24, 2.45) is 11.3 Å². The van der Waals surface area contributed by atoms with Crippen molar-refractivity contribution in [2.45, 2.75) is 83.0 Å². The van der Waals surface area contributed by atoms with Crippen molar-refractivity contribution in [3.8, 4) is 0 Å². The molecule has 10 nitrogen and oxygen atoms in total. The number of carbonyl (C=O) groups is 4. The Morgan fingerprint density at radius 3 is 2.38 bits per heavy atom. The molecule has 1 unspecified atom stereocenters. The van der Waals surface area contributed by atoms with E-state index in [0.29, 0.717) is 12.1 Å². The molecule has 0 aliphatic heterocycles. The summed E-state index contributed by atoms with van der Waals surface area (Å²) in [5, 5.41) is 35.0. The minimum atomic E-state index is -1.14. The van der Waals surface area contributed by atoms with Gasteiger partial charge in [0.05, 0.1) is 27.4 Å². The first-order valence-corrected chi connectivity index (χ1v) is 13.5. The van der Waals surface area contributed by atoms with Crippen LogP contribution >= 0.6 is 11.6 Å². The lowest BCUT2D eigenvalue weighted by Gasteiger charge is -2.37. The second-order valence-electron chi connectivity index (χ2n) is 11.4. The smallest absolute Gasteiger partial charge is 0.335 e. The Morgan fingerprint density at radius 1 is 1.13 bits per heavy atom. The molecule has 2 saturated carbocycles. The van der Waals surface area contributed by atoms with Crippen LogP contribution in [0.25, 0.3) is 0 Å². The lowest BCUT2D eigenvalue weighted by molar-refractivity contribution is -0.148. The molecule has 0 saturated heterocycles. The van der Waals surface area contributed by atoms with Crippen molar-refractivity contribution < 1.29 is 39.0 Å². The number of carboxylic acid groups (broad SMARTS) is 3. The van der Waals surface area contributed by atoms with Crippen LogP contribution in [0.5, 0.6) is 0 Å². The third-order valence-corrected chi connectivity index (χ3v) is 8.08. The van der Waals surface area contributed by atoms with E-state index in [-0.39, 0.29) is 53.3 Å². The summed E-state index contributed by atoms with van der Waals surface area (Å²) in [5.74, 6) is -2.40. The summed E-state index contributed by atoms with van der Waals surface area (Å²) in [6.07, 6.45) is 4.12. The number of hydrogen-bond donors (Lipinski definition) is 4. The standard InChI is InChI=1S/C28H33ClN2O8/c1-28(2,27(37)38)13-14-9-18(10-14)25-23(15-3-4-15)24(31-39-25)16(6-8-22(33)34)12-21(32)30-20-7-5-17(26(35)36)11-19(20)29/h5,7,11,14-16,18H,3-4,6,8-10,12-13H2,1-2H3,(H,30,32)(H,33,34)(H,35,36)(H,37,38)/t14-,16?,18+. The first-order chi connectivity index (χ1) is 18.4. The van der Waals surface area contributed by atoms with Crippen LogP contribution in [0.15, 0.2) is 22.7 Å². The molecule has 1 atom stereocenters. The number of aliphatic carboxylic acids is 2. The fraction of sp³-hybridized carbons (Fsp3) is 0.536. The minimum Gasteiger partial charge on any atom is -0.481 e. The number of benzene rings is 1. The molecule has 210 valence electrons. The molecular weight excluding hydrogens is 528 g/mol. The highest BCUT2D eigenvalue weighted by molar-refractivity contribution is 6.34. The van der Waals surface area contributed by atoms with Crippen LogP contribution in [-0.2, 0) is 14.4 Å². The molecule has 2 aliphatic carbocycles. The number of aromatic nitrogens is 1. The number of amides is 1. The Hall–Kier alpha value is -3.40. The number of aromatic carboxylic acids is 1. The minimum absolute atomic E-state index is 0.00806. The van der Waals surface area contributed by atoms with E-state index in [1.165, 1.54) is 18.2 Å². The fourth-order valence-electron chi connectivity index (χ4n) is 5.43. The molecule has 11 heteroatoms. The second kappa shape index (κ2) is 11.4. The van der Waals surface area contributed by atoms with Crippen LogP contribution in [0.1, 0.15) is 110 Å². The van der Waals surface area contributed by atoms with Crippen LogP contribution in [0.3, 0.4) is 0 Å². The van der Waals surface area contributed by atoms with Gasteiger partial charge in [-0.1, -0.05) is 16.8 Å². The zero-order valence-electron chi connectivity index (χ0n) is 21.9. The van der Waals surface area contributed by atoms with Crippen molar-refractivity contribution in [2.75, 3.05) is 5.32 Å². The molecule has 1 aromatic carbocycles. The van der Waals surface area contributed by atoms with Crippen molar-refractivity contribution >= 4 is 41.1 Å². The lowest BCUT2D eigenvalue weighted by Crippen LogP contribution is -2.32. The Morgan fingerprint density at radius 2 is 1.82 bits per heavy atom. The number of hydrogen-bond acceptors (Lipinski definition) is 6. The highest BCUT2D eigenvalue weighted by Gasteiger charge is 2.43. The van der Waals surface area contributed by atoms with Crippen LogP contribution < -0.4 is 5.32 Å². The fourth-order valence-corrected chi connectivity index (χ4v) is 5.66. The summed E-state index contributed by atoms with van der Waals surface area (Å²) in [6, 6.07) is 4.00. The van der Waals surface area contributed by atoms with Crippen LogP contribution in [0, 0.1) is 11.3 Å². The molecule has 0 bridgehead atoms. The second-order valence-corrected chi connectivity index (χ2v) is 11.8. The van der Waals surface area contributed by atoms with Crippen molar-refractivity contribution in [1.82, 2.24) is 5.16 Å². The summed E-state index contributed by atoms with van der Waals surface area (Å²) < 4.78 is 5.85. The Bertz CT molecular complexity index is 1280. The van der Waals surface area contributed by atoms with E-state index in [0.717, 1.165) is 37.0 Å². The maximum atomic E-state index is 13.0. The van der Waals surface area contributed by atoms with Gasteiger partial charge in [0.25, 0.3) is 0 Å². The van der Waals surface area contributed by atoms with Gasteiger partial charge in [0.2, 0.25) is 5.91 Å². The third kappa shape index (κ3) is 6.79. The van der Waals surface area contributed by atoms with Gasteiger partial charge in [0.15, 0.2) is 0 Å². The number of rotatable bonds is 13. The maximum Gasteiger partial charge on any atom is 0.335 e. The van der Waals surface area contributed by atoms with Gasteiger partial charge in [-0.2, -0.15) is 0 Å². The molecule has 1 aromatic heterocycles. The first-order valence-electron chi connectivity index (χ1n) is 13.1. The van der Waals surface area contributed by atoms with E-state index < -0.39 is 35.1 Å². The number of anilines is 1. The molecule has 1 heterocycles. The molecule has 0 spiro atoms. The van der Waals surface area contributed by atoms with Gasteiger partial charge in [-0.3, -0.25) is 14.4 Å². The number of nitrogens with zero attached hydrogens (tertiary/aromatic N) is 1. The van der Waals surface area contributed by atoms with Gasteiger partial charge in [-0.05, 0) is 82.4 Å². The van der Waals surface area contributed by atoms with Gasteiger partial charge >= 0.3 is 17.9 Å². The van der Waals surface area contributed by atoms with E-state index in [1.54, 1.807) is 13.8 Å². The summed E-state index contributed by atoms with van der Waals surface area (Å²) in [7, 11) is 0. The molecule has 4 N–H and O–H groups in total. The summed E-state index contributed by atoms with van der Waals surface area (Å²) >= 11 is 6.16. The van der Waals surface area contributed by atoms with Gasteiger partial charge in [-0.25, -0.2) is 4.79 Å². The summed E-state index contributed by atoms with van der Waals surface area (Å²) in [6.45, 7) is 3.47. The first kappa shape index (κ1) is 28.6. The van der Waals surface area contributed by atoms with Crippen LogP contribution in [0.2, 0.25) is 5.02 Å². The molecule has 2 fully saturated rings. The highest BCUT2D eigenvalue weighted by atomic mass is 35.5. The van der Waals surface area contributed by atoms with E-state index in [9.17, 15) is 29.4 Å². The topological polar surface area (TPSA) is 167 Å².